The summed E-state index contributed by atoms with van der Waals surface area (Å²) in [5, 5.41) is 0. The smallest absolute Gasteiger partial charge is 0.341 e. The van der Waals surface area contributed by atoms with Crippen molar-refractivity contribution in [2.24, 2.45) is 5.92 Å². The van der Waals surface area contributed by atoms with Gasteiger partial charge in [0.05, 0.1) is 5.57 Å². The van der Waals surface area contributed by atoms with Crippen LogP contribution < -0.4 is 0 Å². The summed E-state index contributed by atoms with van der Waals surface area (Å²) in [7, 11) is 0. The molecule has 0 aliphatic heterocycles. The zero-order valence-corrected chi connectivity index (χ0v) is 10.2. The second-order valence-corrected chi connectivity index (χ2v) is 5.00. The van der Waals surface area contributed by atoms with Gasteiger partial charge in [0.2, 0.25) is 0 Å². The van der Waals surface area contributed by atoms with E-state index in [1.165, 1.54) is 0 Å². The lowest BCUT2D eigenvalue weighted by molar-refractivity contribution is -0.150. The molecule has 0 rings (SSSR count). The van der Waals surface area contributed by atoms with Crippen molar-refractivity contribution in [3.05, 3.63) is 12.2 Å². The van der Waals surface area contributed by atoms with Crippen LogP contribution in [0.1, 0.15) is 41.0 Å². The van der Waals surface area contributed by atoms with Crippen LogP contribution in [0.5, 0.6) is 0 Å². The van der Waals surface area contributed by atoms with Crippen LogP contribution in [0.15, 0.2) is 12.2 Å². The minimum atomic E-state index is -0.617. The Morgan fingerprint density at radius 3 is 2.07 bits per heavy atom. The average molecular weight is 212 g/mol. The van der Waals surface area contributed by atoms with Crippen molar-refractivity contribution >= 4 is 11.8 Å². The molecule has 0 spiro atoms. The Bertz CT molecular complexity index is 269. The van der Waals surface area contributed by atoms with Crippen LogP contribution >= 0.6 is 0 Å². The molecule has 0 atom stereocenters. The van der Waals surface area contributed by atoms with Crippen LogP contribution in [-0.2, 0) is 14.3 Å². The van der Waals surface area contributed by atoms with Gasteiger partial charge in [0, 0.05) is 6.42 Å². The van der Waals surface area contributed by atoms with Gasteiger partial charge in [0.1, 0.15) is 5.60 Å². The molecule has 0 bridgehead atoms. The van der Waals surface area contributed by atoms with Crippen molar-refractivity contribution in [3.63, 3.8) is 0 Å². The van der Waals surface area contributed by atoms with Gasteiger partial charge in [-0.2, -0.15) is 0 Å². The molecule has 0 aliphatic carbocycles. The predicted octanol–water partition coefficient (Wildman–Crippen LogP) is 2.50. The number of hydrogen-bond donors (Lipinski definition) is 0. The van der Waals surface area contributed by atoms with E-state index in [-0.39, 0.29) is 17.3 Å². The Morgan fingerprint density at radius 1 is 1.27 bits per heavy atom. The van der Waals surface area contributed by atoms with Gasteiger partial charge in [0.15, 0.2) is 5.78 Å². The first-order valence-corrected chi connectivity index (χ1v) is 5.09. The van der Waals surface area contributed by atoms with E-state index in [1.54, 1.807) is 20.8 Å². The van der Waals surface area contributed by atoms with Gasteiger partial charge >= 0.3 is 5.97 Å². The summed E-state index contributed by atoms with van der Waals surface area (Å²) in [5.74, 6) is -0.635. The lowest BCUT2D eigenvalue weighted by atomic mass is 10.0. The molecule has 3 heteroatoms. The third-order valence-corrected chi connectivity index (χ3v) is 1.58. The van der Waals surface area contributed by atoms with Crippen molar-refractivity contribution in [3.8, 4) is 0 Å². The second-order valence-electron chi connectivity index (χ2n) is 5.00. The third-order valence-electron chi connectivity index (χ3n) is 1.58. The summed E-state index contributed by atoms with van der Waals surface area (Å²) in [6.45, 7) is 12.6. The van der Waals surface area contributed by atoms with Gasteiger partial charge in [0.25, 0.3) is 0 Å². The fourth-order valence-electron chi connectivity index (χ4n) is 0.948. The molecule has 0 aromatic heterocycles. The molecule has 0 aliphatic rings. The van der Waals surface area contributed by atoms with E-state index in [0.29, 0.717) is 6.42 Å². The van der Waals surface area contributed by atoms with E-state index in [4.69, 9.17) is 4.74 Å². The fourth-order valence-corrected chi connectivity index (χ4v) is 0.948. The van der Waals surface area contributed by atoms with E-state index in [2.05, 4.69) is 6.58 Å². The van der Waals surface area contributed by atoms with Gasteiger partial charge in [-0.3, -0.25) is 4.79 Å². The number of carbonyl (C=O) groups is 2. The maximum Gasteiger partial charge on any atom is 0.341 e. The number of ether oxygens (including phenoxy) is 1. The monoisotopic (exact) mass is 212 g/mol. The topological polar surface area (TPSA) is 43.4 Å². The van der Waals surface area contributed by atoms with Crippen LogP contribution in [0.25, 0.3) is 0 Å². The van der Waals surface area contributed by atoms with Crippen LogP contribution in [-0.4, -0.2) is 17.4 Å². The minimum absolute atomic E-state index is 0.0568. The van der Waals surface area contributed by atoms with Crippen LogP contribution in [0.2, 0.25) is 0 Å². The predicted molar refractivity (Wildman–Crippen MR) is 59.4 cm³/mol. The molecule has 0 saturated carbocycles. The van der Waals surface area contributed by atoms with Crippen molar-refractivity contribution in [1.82, 2.24) is 0 Å². The highest BCUT2D eigenvalue weighted by Gasteiger charge is 2.23. The first kappa shape index (κ1) is 13.9. The standard InChI is InChI=1S/C12H20O3/c1-8(2)7-10(13)9(3)11(14)15-12(4,5)6/h8H,3,7H2,1-2,4-6H3. The van der Waals surface area contributed by atoms with Crippen LogP contribution in [0, 0.1) is 5.92 Å². The number of rotatable bonds is 4. The summed E-state index contributed by atoms with van der Waals surface area (Å²) >= 11 is 0. The van der Waals surface area contributed by atoms with Crippen LogP contribution in [0.4, 0.5) is 0 Å². The van der Waals surface area contributed by atoms with E-state index in [1.807, 2.05) is 13.8 Å². The molecule has 0 saturated heterocycles. The normalized spacial score (nSPS) is 11.3. The average Bonchev–Trinajstić information content (AvgIpc) is 1.98. The summed E-state index contributed by atoms with van der Waals surface area (Å²) in [6.07, 6.45) is 0.331. The molecule has 3 nitrogen and oxygen atoms in total. The number of Topliss-reactive ketones (excluding diaryl/α,β-unsaturated/α-hetero) is 1. The molecule has 0 heterocycles. The number of hydrogen-bond acceptors (Lipinski definition) is 3. The quantitative estimate of drug-likeness (QED) is 0.311. The largest absolute Gasteiger partial charge is 0.456 e. The van der Waals surface area contributed by atoms with E-state index < -0.39 is 11.6 Å². The highest BCUT2D eigenvalue weighted by Crippen LogP contribution is 2.13. The van der Waals surface area contributed by atoms with Gasteiger partial charge in [-0.1, -0.05) is 20.4 Å². The Kier molecular flexibility index (Phi) is 4.72. The Hall–Kier alpha value is -1.12. The van der Waals surface area contributed by atoms with E-state index >= 15 is 0 Å². The van der Waals surface area contributed by atoms with Crippen molar-refractivity contribution < 1.29 is 14.3 Å². The number of ketones is 1. The van der Waals surface area contributed by atoms with Gasteiger partial charge in [-0.15, -0.1) is 0 Å². The Labute approximate surface area is 91.5 Å². The summed E-state index contributed by atoms with van der Waals surface area (Å²) in [4.78, 5) is 22.9. The van der Waals surface area contributed by atoms with Crippen LogP contribution in [0.3, 0.4) is 0 Å². The molecular weight excluding hydrogens is 192 g/mol. The summed E-state index contributed by atoms with van der Waals surface area (Å²) < 4.78 is 5.04. The molecule has 15 heavy (non-hydrogen) atoms. The van der Waals surface area contributed by atoms with Crippen molar-refractivity contribution in [2.75, 3.05) is 0 Å². The molecule has 0 aromatic rings. The maximum absolute atomic E-state index is 11.5. The van der Waals surface area contributed by atoms with E-state index in [0.717, 1.165) is 0 Å². The lowest BCUT2D eigenvalue weighted by Crippen LogP contribution is -2.27. The zero-order chi connectivity index (χ0) is 12.2. The molecule has 0 amide bonds. The Morgan fingerprint density at radius 2 is 1.73 bits per heavy atom. The summed E-state index contributed by atoms with van der Waals surface area (Å²) in [5.41, 5.74) is -0.642. The zero-order valence-electron chi connectivity index (χ0n) is 10.2. The van der Waals surface area contributed by atoms with Gasteiger partial charge < -0.3 is 4.74 Å². The first-order valence-electron chi connectivity index (χ1n) is 5.09. The van der Waals surface area contributed by atoms with Crippen molar-refractivity contribution in [1.29, 1.82) is 0 Å². The summed E-state index contributed by atoms with van der Waals surface area (Å²) in [6, 6.07) is 0. The molecule has 0 radical (unpaired) electrons. The van der Waals surface area contributed by atoms with Crippen molar-refractivity contribution in [2.45, 2.75) is 46.6 Å². The molecular formula is C12H20O3. The minimum Gasteiger partial charge on any atom is -0.456 e. The Balaban J connectivity index is 4.34. The van der Waals surface area contributed by atoms with Gasteiger partial charge in [-0.05, 0) is 26.7 Å². The molecule has 0 fully saturated rings. The molecule has 86 valence electrons. The fraction of sp³-hybridized carbons (Fsp3) is 0.667. The number of esters is 1. The second kappa shape index (κ2) is 5.10. The number of carbonyl (C=O) groups excluding carboxylic acids is 2. The van der Waals surface area contributed by atoms with E-state index in [9.17, 15) is 9.59 Å². The molecule has 0 unspecified atom stereocenters. The maximum atomic E-state index is 11.5. The highest BCUT2D eigenvalue weighted by atomic mass is 16.6. The molecule has 0 aromatic carbocycles. The first-order chi connectivity index (χ1) is 6.63. The highest BCUT2D eigenvalue weighted by molar-refractivity contribution is 6.16. The SMILES string of the molecule is C=C(C(=O)CC(C)C)C(=O)OC(C)(C)C. The lowest BCUT2D eigenvalue weighted by Gasteiger charge is -2.20. The third kappa shape index (κ3) is 6.05. The molecule has 0 N–H and O–H groups in total. The van der Waals surface area contributed by atoms with Gasteiger partial charge in [-0.25, -0.2) is 4.79 Å².